The van der Waals surface area contributed by atoms with E-state index in [4.69, 9.17) is 13.9 Å². The minimum Gasteiger partial charge on any atom is -0.548 e. The van der Waals surface area contributed by atoms with E-state index >= 15 is 0 Å². The summed E-state index contributed by atoms with van der Waals surface area (Å²) in [6.45, 7) is 17.5. The molecule has 1 rings (SSSR count). The third kappa shape index (κ3) is 7.73. The molecule has 5 nitrogen and oxygen atoms in total. The molecule has 0 bridgehead atoms. The number of benzene rings is 1. The van der Waals surface area contributed by atoms with Crippen LogP contribution in [-0.4, -0.2) is 33.5 Å². The minimum absolute atomic E-state index is 0.219. The van der Waals surface area contributed by atoms with Gasteiger partial charge in [0.2, 0.25) is 0 Å². The molecule has 0 saturated carbocycles. The highest BCUT2D eigenvalue weighted by molar-refractivity contribution is 6.77. The predicted molar refractivity (Wildman–Crippen MR) is 136 cm³/mol. The number of esters is 2. The zero-order valence-electron chi connectivity index (χ0n) is 21.8. The number of carbonyl (C=O) groups is 2. The van der Waals surface area contributed by atoms with Crippen molar-refractivity contribution in [2.24, 2.45) is 5.92 Å². The van der Waals surface area contributed by atoms with Crippen molar-refractivity contribution < 1.29 is 23.5 Å². The van der Waals surface area contributed by atoms with Gasteiger partial charge in [-0.2, -0.15) is 0 Å². The van der Waals surface area contributed by atoms with E-state index in [1.807, 2.05) is 42.7 Å². The van der Waals surface area contributed by atoms with E-state index in [0.29, 0.717) is 29.5 Å². The van der Waals surface area contributed by atoms with Gasteiger partial charge in [0.25, 0.3) is 8.32 Å². The Morgan fingerprint density at radius 2 is 1.33 bits per heavy atom. The van der Waals surface area contributed by atoms with Crippen molar-refractivity contribution in [1.82, 2.24) is 0 Å². The first-order valence-electron chi connectivity index (χ1n) is 12.3. The summed E-state index contributed by atoms with van der Waals surface area (Å²) in [5, 5.41) is 0. The van der Waals surface area contributed by atoms with Gasteiger partial charge >= 0.3 is 11.9 Å². The molecule has 0 saturated heterocycles. The summed E-state index contributed by atoms with van der Waals surface area (Å²) in [4.78, 5) is 25.5. The second-order valence-electron chi connectivity index (χ2n) is 9.38. The molecule has 0 amide bonds. The Hall–Kier alpha value is -2.08. The van der Waals surface area contributed by atoms with Crippen molar-refractivity contribution >= 4 is 20.3 Å². The first-order chi connectivity index (χ1) is 15.6. The maximum absolute atomic E-state index is 12.8. The van der Waals surface area contributed by atoms with Gasteiger partial charge in [0.05, 0.1) is 19.5 Å². The number of ether oxygens (including phenoxy) is 2. The Morgan fingerprint density at radius 3 is 1.76 bits per heavy atom. The fourth-order valence-electron chi connectivity index (χ4n) is 5.03. The number of allylic oxidation sites excluding steroid dienone is 1. The minimum atomic E-state index is -1.98. The summed E-state index contributed by atoms with van der Waals surface area (Å²) in [6, 6.07) is 9.66. The Morgan fingerprint density at radius 1 is 0.848 bits per heavy atom. The van der Waals surface area contributed by atoms with Gasteiger partial charge in [-0.15, -0.1) is 0 Å². The molecule has 33 heavy (non-hydrogen) atoms. The first kappa shape index (κ1) is 28.9. The van der Waals surface area contributed by atoms with Crippen LogP contribution in [0.25, 0.3) is 0 Å². The van der Waals surface area contributed by atoms with E-state index in [1.54, 1.807) is 13.8 Å². The molecular formula is C27H44O5Si. The second-order valence-corrected chi connectivity index (χ2v) is 14.8. The molecule has 0 spiro atoms. The van der Waals surface area contributed by atoms with E-state index in [0.717, 1.165) is 5.56 Å². The van der Waals surface area contributed by atoms with E-state index in [-0.39, 0.29) is 19.1 Å². The molecule has 0 fully saturated rings. The van der Waals surface area contributed by atoms with Crippen molar-refractivity contribution in [1.29, 1.82) is 0 Å². The van der Waals surface area contributed by atoms with Gasteiger partial charge in [-0.1, -0.05) is 78.0 Å². The summed E-state index contributed by atoms with van der Waals surface area (Å²) in [5.74, 6) is -2.39. The lowest BCUT2D eigenvalue weighted by Gasteiger charge is -2.41. The van der Waals surface area contributed by atoms with E-state index in [9.17, 15) is 9.59 Å². The van der Waals surface area contributed by atoms with Crippen LogP contribution < -0.4 is 0 Å². The highest BCUT2D eigenvalue weighted by Crippen LogP contribution is 2.42. The Balaban J connectivity index is 3.10. The van der Waals surface area contributed by atoms with Crippen molar-refractivity contribution in [2.45, 2.75) is 90.8 Å². The highest BCUT2D eigenvalue weighted by atomic mass is 28.4. The SMILES string of the molecule is CCOC(=O)C(C(=O)OCC)C(CC/C=C/O[Si](C(C)C)(C(C)C)C(C)C)c1ccccc1. The molecule has 0 aliphatic carbocycles. The van der Waals surface area contributed by atoms with Crippen molar-refractivity contribution in [3.8, 4) is 0 Å². The van der Waals surface area contributed by atoms with Gasteiger partial charge in [-0.3, -0.25) is 9.59 Å². The van der Waals surface area contributed by atoms with Gasteiger partial charge in [0.15, 0.2) is 5.92 Å². The zero-order chi connectivity index (χ0) is 25.0. The standard InChI is InChI=1S/C27H44O5Si/c1-9-30-26(28)25(27(29)31-10-2)24(23-16-12-11-13-17-23)18-14-15-19-32-33(20(3)4,21(5)6)22(7)8/h11-13,15-17,19-22,24-25H,9-10,14,18H2,1-8H3/b19-15+. The molecule has 186 valence electrons. The average molecular weight is 477 g/mol. The molecule has 6 heteroatoms. The summed E-state index contributed by atoms with van der Waals surface area (Å²) in [7, 11) is -1.98. The molecule has 1 atom stereocenters. The Bertz CT molecular complexity index is 702. The lowest BCUT2D eigenvalue weighted by atomic mass is 9.82. The van der Waals surface area contributed by atoms with Gasteiger partial charge in [-0.05, 0) is 48.9 Å². The highest BCUT2D eigenvalue weighted by Gasteiger charge is 2.46. The Kier molecular flexibility index (Phi) is 12.5. The molecule has 0 aliphatic heterocycles. The number of carbonyl (C=O) groups excluding carboxylic acids is 2. The van der Waals surface area contributed by atoms with Crippen LogP contribution in [0.2, 0.25) is 16.6 Å². The Labute approximate surface area is 202 Å². The summed E-state index contributed by atoms with van der Waals surface area (Å²) in [6.07, 6.45) is 5.16. The molecule has 1 aromatic carbocycles. The van der Waals surface area contributed by atoms with Crippen LogP contribution in [0.5, 0.6) is 0 Å². The number of hydrogen-bond acceptors (Lipinski definition) is 5. The van der Waals surface area contributed by atoms with Crippen LogP contribution in [-0.2, 0) is 23.5 Å². The van der Waals surface area contributed by atoms with Crippen LogP contribution in [0.15, 0.2) is 42.7 Å². The summed E-state index contributed by atoms with van der Waals surface area (Å²) >= 11 is 0. The third-order valence-corrected chi connectivity index (χ3v) is 12.4. The quantitative estimate of drug-likeness (QED) is 0.125. The van der Waals surface area contributed by atoms with Crippen molar-refractivity contribution in [2.75, 3.05) is 13.2 Å². The normalized spacial score (nSPS) is 13.2. The van der Waals surface area contributed by atoms with Crippen LogP contribution in [0, 0.1) is 5.92 Å². The number of rotatable bonds is 14. The molecule has 0 heterocycles. The predicted octanol–water partition coefficient (Wildman–Crippen LogP) is 7.00. The van der Waals surface area contributed by atoms with E-state index < -0.39 is 26.2 Å². The molecule has 0 aromatic heterocycles. The average Bonchev–Trinajstić information content (AvgIpc) is 2.75. The lowest BCUT2D eigenvalue weighted by molar-refractivity contribution is -0.162. The molecule has 0 radical (unpaired) electrons. The van der Waals surface area contributed by atoms with Gasteiger partial charge < -0.3 is 13.9 Å². The van der Waals surface area contributed by atoms with Gasteiger partial charge in [0, 0.05) is 5.92 Å². The smallest absolute Gasteiger partial charge is 0.320 e. The fourth-order valence-corrected chi connectivity index (χ4v) is 10.2. The van der Waals surface area contributed by atoms with E-state index in [1.165, 1.54) is 0 Å². The van der Waals surface area contributed by atoms with Crippen LogP contribution in [0.1, 0.15) is 79.7 Å². The summed E-state index contributed by atoms with van der Waals surface area (Å²) in [5.41, 5.74) is 2.41. The first-order valence-corrected chi connectivity index (χ1v) is 14.5. The monoisotopic (exact) mass is 476 g/mol. The molecule has 1 aromatic rings. The van der Waals surface area contributed by atoms with Gasteiger partial charge in [-0.25, -0.2) is 0 Å². The van der Waals surface area contributed by atoms with Crippen LogP contribution in [0.3, 0.4) is 0 Å². The van der Waals surface area contributed by atoms with E-state index in [2.05, 4.69) is 41.5 Å². The largest absolute Gasteiger partial charge is 0.548 e. The van der Waals surface area contributed by atoms with Crippen molar-refractivity contribution in [3.05, 3.63) is 48.2 Å². The molecule has 0 N–H and O–H groups in total. The fraction of sp³-hybridized carbons (Fsp3) is 0.630. The molecular weight excluding hydrogens is 432 g/mol. The van der Waals surface area contributed by atoms with Crippen LogP contribution >= 0.6 is 0 Å². The summed E-state index contributed by atoms with van der Waals surface area (Å²) < 4.78 is 17.0. The zero-order valence-corrected chi connectivity index (χ0v) is 22.8. The maximum atomic E-state index is 12.8. The topological polar surface area (TPSA) is 61.8 Å². The third-order valence-electron chi connectivity index (χ3n) is 6.43. The second kappa shape index (κ2) is 14.2. The number of hydrogen-bond donors (Lipinski definition) is 0. The maximum Gasteiger partial charge on any atom is 0.320 e. The molecule has 0 aliphatic rings. The van der Waals surface area contributed by atoms with Crippen molar-refractivity contribution in [3.63, 3.8) is 0 Å². The van der Waals surface area contributed by atoms with Gasteiger partial charge in [0.1, 0.15) is 0 Å². The molecule has 1 unspecified atom stereocenters. The lowest BCUT2D eigenvalue weighted by Crippen LogP contribution is -2.46. The van der Waals surface area contributed by atoms with Crippen LogP contribution in [0.4, 0.5) is 0 Å².